The van der Waals surface area contributed by atoms with E-state index in [1.807, 2.05) is 12.1 Å². The number of benzene rings is 2. The van der Waals surface area contributed by atoms with Gasteiger partial charge >= 0.3 is 6.03 Å². The number of hydrogen-bond acceptors (Lipinski definition) is 6. The first-order valence-corrected chi connectivity index (χ1v) is 14.7. The van der Waals surface area contributed by atoms with E-state index < -0.39 is 0 Å². The smallest absolute Gasteiger partial charge is 0.318 e. The summed E-state index contributed by atoms with van der Waals surface area (Å²) in [5, 5.41) is 3.91. The molecule has 0 bridgehead atoms. The average Bonchev–Trinajstić information content (AvgIpc) is 3.45. The van der Waals surface area contributed by atoms with Gasteiger partial charge in [-0.2, -0.15) is 0 Å². The number of nitrogens with zero attached hydrogens (tertiary/aromatic N) is 2. The first-order chi connectivity index (χ1) is 19.9. The minimum atomic E-state index is -0.275. The molecule has 0 spiro atoms. The highest BCUT2D eigenvalue weighted by molar-refractivity contribution is 6.31. The zero-order chi connectivity index (χ0) is 28.8. The van der Waals surface area contributed by atoms with Gasteiger partial charge in [-0.1, -0.05) is 50.3 Å². The highest BCUT2D eigenvalue weighted by atomic mass is 35.5. The number of ether oxygens (including phenoxy) is 2. The van der Waals surface area contributed by atoms with E-state index in [0.29, 0.717) is 39.6 Å². The first kappa shape index (κ1) is 28.8. The summed E-state index contributed by atoms with van der Waals surface area (Å²) < 4.78 is 16.7. The van der Waals surface area contributed by atoms with Crippen LogP contribution in [-0.4, -0.2) is 47.7 Å². The van der Waals surface area contributed by atoms with Crippen LogP contribution in [0.25, 0.3) is 11.0 Å². The second-order valence-corrected chi connectivity index (χ2v) is 11.2. The zero-order valence-electron chi connectivity index (χ0n) is 23.3. The topological polar surface area (TPSA) is 101 Å². The molecule has 0 unspecified atom stereocenters. The van der Waals surface area contributed by atoms with E-state index in [9.17, 15) is 14.4 Å². The third-order valence-electron chi connectivity index (χ3n) is 7.66. The Morgan fingerprint density at radius 3 is 2.61 bits per heavy atom. The maximum Gasteiger partial charge on any atom is 0.318 e. The van der Waals surface area contributed by atoms with Crippen molar-refractivity contribution >= 4 is 34.5 Å². The van der Waals surface area contributed by atoms with Crippen LogP contribution in [-0.2, 0) is 17.9 Å². The van der Waals surface area contributed by atoms with Gasteiger partial charge in [-0.25, -0.2) is 4.79 Å². The molecule has 1 saturated carbocycles. The molecule has 2 aromatic carbocycles. The fourth-order valence-electron chi connectivity index (χ4n) is 5.33. The molecular formula is C31H36ClN3O6. The van der Waals surface area contributed by atoms with Crippen molar-refractivity contribution in [3.63, 3.8) is 0 Å². The quantitative estimate of drug-likeness (QED) is 0.322. The highest BCUT2D eigenvalue weighted by Crippen LogP contribution is 2.33. The molecule has 10 heteroatoms. The minimum absolute atomic E-state index is 0.00389. The van der Waals surface area contributed by atoms with Crippen LogP contribution in [0.4, 0.5) is 4.79 Å². The van der Waals surface area contributed by atoms with Gasteiger partial charge in [0, 0.05) is 24.2 Å². The van der Waals surface area contributed by atoms with Crippen molar-refractivity contribution in [1.82, 2.24) is 15.1 Å². The van der Waals surface area contributed by atoms with Gasteiger partial charge in [0.05, 0.1) is 23.8 Å². The molecule has 2 heterocycles. The van der Waals surface area contributed by atoms with Crippen LogP contribution in [0.3, 0.4) is 0 Å². The van der Waals surface area contributed by atoms with E-state index in [1.54, 1.807) is 34.1 Å². The van der Waals surface area contributed by atoms with E-state index >= 15 is 0 Å². The molecule has 1 aliphatic carbocycles. The molecule has 0 atom stereocenters. The molecule has 41 heavy (non-hydrogen) atoms. The van der Waals surface area contributed by atoms with Crippen molar-refractivity contribution in [1.29, 1.82) is 0 Å². The predicted octanol–water partition coefficient (Wildman–Crippen LogP) is 5.85. The lowest BCUT2D eigenvalue weighted by atomic mass is 9.96. The standard InChI is InChI=1S/C31H36ClN3O6/c1-2-3-13-34(31(38)33-24-7-5-4-6-8-24)18-29(36)35(16-21-9-11-27-28(14-21)41-20-40-27)17-22-19-39-26-12-10-23(32)15-25(26)30(22)37/h9-12,14-15,19,24H,2-8,13,16-18,20H2,1H3,(H,33,38). The Balaban J connectivity index is 1.39. The Morgan fingerprint density at radius 1 is 1.00 bits per heavy atom. The van der Waals surface area contributed by atoms with Gasteiger partial charge in [-0.15, -0.1) is 0 Å². The minimum Gasteiger partial charge on any atom is -0.464 e. The first-order valence-electron chi connectivity index (χ1n) is 14.3. The Labute approximate surface area is 244 Å². The summed E-state index contributed by atoms with van der Waals surface area (Å²) in [6, 6.07) is 10.3. The third-order valence-corrected chi connectivity index (χ3v) is 7.89. The van der Waals surface area contributed by atoms with Crippen molar-refractivity contribution < 1.29 is 23.5 Å². The van der Waals surface area contributed by atoms with Gasteiger partial charge in [0.2, 0.25) is 12.7 Å². The molecule has 2 aliphatic rings. The fraction of sp³-hybridized carbons (Fsp3) is 0.452. The predicted molar refractivity (Wildman–Crippen MR) is 156 cm³/mol. The van der Waals surface area contributed by atoms with Gasteiger partial charge in [0.1, 0.15) is 12.1 Å². The Kier molecular flexibility index (Phi) is 9.34. The summed E-state index contributed by atoms with van der Waals surface area (Å²) in [4.78, 5) is 43.7. The van der Waals surface area contributed by atoms with Gasteiger partial charge in [0.25, 0.3) is 0 Å². The van der Waals surface area contributed by atoms with Crippen molar-refractivity contribution in [3.05, 3.63) is 69.0 Å². The van der Waals surface area contributed by atoms with Crippen molar-refractivity contribution in [2.75, 3.05) is 19.9 Å². The number of unbranched alkanes of at least 4 members (excludes halogenated alkanes) is 1. The summed E-state index contributed by atoms with van der Waals surface area (Å²) in [6.45, 7) is 2.77. The number of rotatable bonds is 10. The maximum atomic E-state index is 13.9. The van der Waals surface area contributed by atoms with E-state index in [1.165, 1.54) is 12.7 Å². The van der Waals surface area contributed by atoms with E-state index in [4.69, 9.17) is 25.5 Å². The van der Waals surface area contributed by atoms with E-state index in [-0.39, 0.29) is 49.8 Å². The van der Waals surface area contributed by atoms with Gasteiger partial charge in [-0.3, -0.25) is 9.59 Å². The molecule has 218 valence electrons. The summed E-state index contributed by atoms with van der Waals surface area (Å²) in [5.41, 5.74) is 1.29. The molecule has 1 fully saturated rings. The van der Waals surface area contributed by atoms with Crippen LogP contribution in [0.1, 0.15) is 63.0 Å². The zero-order valence-corrected chi connectivity index (χ0v) is 24.1. The van der Waals surface area contributed by atoms with Crippen LogP contribution in [0.2, 0.25) is 5.02 Å². The molecule has 3 aromatic rings. The van der Waals surface area contributed by atoms with Crippen LogP contribution < -0.4 is 20.2 Å². The number of urea groups is 1. The number of carbonyl (C=O) groups excluding carboxylic acids is 2. The second kappa shape index (κ2) is 13.3. The normalized spacial score (nSPS) is 14.7. The number of amides is 3. The fourth-order valence-corrected chi connectivity index (χ4v) is 5.50. The van der Waals surface area contributed by atoms with Crippen molar-refractivity contribution in [3.8, 4) is 11.5 Å². The number of hydrogen-bond donors (Lipinski definition) is 1. The molecular weight excluding hydrogens is 546 g/mol. The molecule has 1 N–H and O–H groups in total. The summed E-state index contributed by atoms with van der Waals surface area (Å²) in [5.74, 6) is 0.971. The van der Waals surface area contributed by atoms with Crippen LogP contribution in [0.5, 0.6) is 11.5 Å². The molecule has 1 aliphatic heterocycles. The molecule has 0 radical (unpaired) electrons. The van der Waals surface area contributed by atoms with Gasteiger partial charge in [-0.05, 0) is 55.2 Å². The monoisotopic (exact) mass is 581 g/mol. The van der Waals surface area contributed by atoms with E-state index in [2.05, 4.69) is 12.2 Å². The Bertz CT molecular complexity index is 1450. The van der Waals surface area contributed by atoms with Crippen LogP contribution in [0, 0.1) is 0 Å². The molecule has 9 nitrogen and oxygen atoms in total. The van der Waals surface area contributed by atoms with E-state index in [0.717, 1.165) is 44.1 Å². The number of fused-ring (bicyclic) bond motifs is 2. The number of halogens is 1. The van der Waals surface area contributed by atoms with Crippen LogP contribution in [0.15, 0.2) is 51.9 Å². The van der Waals surface area contributed by atoms with Crippen molar-refractivity contribution in [2.45, 2.75) is 71.0 Å². The second-order valence-electron chi connectivity index (χ2n) is 10.7. The molecule has 5 rings (SSSR count). The number of nitrogens with one attached hydrogen (secondary N) is 1. The molecule has 1 aromatic heterocycles. The SMILES string of the molecule is CCCCN(CC(=O)N(Cc1ccc2c(c1)OCO2)Cc1coc2ccc(Cl)cc2c1=O)C(=O)NC1CCCCC1. The molecule has 0 saturated heterocycles. The lowest BCUT2D eigenvalue weighted by Gasteiger charge is -2.30. The highest BCUT2D eigenvalue weighted by Gasteiger charge is 2.26. The Morgan fingerprint density at radius 2 is 1.80 bits per heavy atom. The molecule has 3 amide bonds. The Hall–Kier alpha value is -3.72. The largest absolute Gasteiger partial charge is 0.464 e. The average molecular weight is 582 g/mol. The summed E-state index contributed by atoms with van der Waals surface area (Å²) >= 11 is 6.14. The summed E-state index contributed by atoms with van der Waals surface area (Å²) in [7, 11) is 0. The van der Waals surface area contributed by atoms with Crippen LogP contribution >= 0.6 is 11.6 Å². The maximum absolute atomic E-state index is 13.9. The van der Waals surface area contributed by atoms with Gasteiger partial charge in [0.15, 0.2) is 16.9 Å². The lowest BCUT2D eigenvalue weighted by molar-refractivity contribution is -0.133. The third kappa shape index (κ3) is 7.14. The number of carbonyl (C=O) groups is 2. The van der Waals surface area contributed by atoms with Crippen molar-refractivity contribution in [2.24, 2.45) is 0 Å². The van der Waals surface area contributed by atoms with Gasteiger partial charge < -0.3 is 29.0 Å². The summed E-state index contributed by atoms with van der Waals surface area (Å²) in [6.07, 6.45) is 8.37. The lowest BCUT2D eigenvalue weighted by Crippen LogP contribution is -2.49.